The Bertz CT molecular complexity index is 230. The van der Waals surface area contributed by atoms with Crippen LogP contribution in [0, 0.1) is 0 Å². The average molecular weight is 211 g/mol. The first-order valence-electron chi connectivity index (χ1n) is 5.49. The topological polar surface area (TPSA) is 0 Å². The van der Waals surface area contributed by atoms with Crippen LogP contribution < -0.4 is 0 Å². The van der Waals surface area contributed by atoms with E-state index in [4.69, 9.17) is 11.6 Å². The van der Waals surface area contributed by atoms with E-state index in [1.165, 1.54) is 24.8 Å². The molecule has 0 bridgehead atoms. The van der Waals surface area contributed by atoms with Crippen LogP contribution in [-0.4, -0.2) is 5.88 Å². The maximum atomic E-state index is 5.83. The third-order valence-electron chi connectivity index (χ3n) is 2.63. The Morgan fingerprint density at radius 1 is 1.14 bits per heavy atom. The summed E-state index contributed by atoms with van der Waals surface area (Å²) in [6, 6.07) is 10.7. The Labute approximate surface area is 92.3 Å². The monoisotopic (exact) mass is 210 g/mol. The maximum absolute atomic E-state index is 5.83. The van der Waals surface area contributed by atoms with Crippen molar-refractivity contribution in [3.8, 4) is 0 Å². The van der Waals surface area contributed by atoms with E-state index in [2.05, 4.69) is 37.3 Å². The fourth-order valence-electron chi connectivity index (χ4n) is 1.79. The minimum Gasteiger partial charge on any atom is -0.127 e. The van der Waals surface area contributed by atoms with Crippen LogP contribution in [0.4, 0.5) is 0 Å². The van der Waals surface area contributed by atoms with Crippen LogP contribution in [0.2, 0.25) is 0 Å². The molecule has 0 nitrogen and oxygen atoms in total. The second-order valence-corrected chi connectivity index (χ2v) is 4.11. The normalized spacial score (nSPS) is 12.7. The highest BCUT2D eigenvalue weighted by Gasteiger charge is 2.09. The van der Waals surface area contributed by atoms with Gasteiger partial charge in [-0.2, -0.15) is 0 Å². The summed E-state index contributed by atoms with van der Waals surface area (Å²) in [5, 5.41) is 0. The van der Waals surface area contributed by atoms with Crippen molar-refractivity contribution in [3.05, 3.63) is 35.9 Å². The lowest BCUT2D eigenvalue weighted by Crippen LogP contribution is -1.99. The lowest BCUT2D eigenvalue weighted by molar-refractivity contribution is 0.572. The molecule has 0 aliphatic carbocycles. The third kappa shape index (κ3) is 3.71. The summed E-state index contributed by atoms with van der Waals surface area (Å²) in [6.45, 7) is 2.24. The molecule has 0 heterocycles. The first-order valence-corrected chi connectivity index (χ1v) is 6.02. The van der Waals surface area contributed by atoms with Gasteiger partial charge in [0.2, 0.25) is 0 Å². The number of rotatable bonds is 6. The highest BCUT2D eigenvalue weighted by atomic mass is 35.5. The fraction of sp³-hybridized carbons (Fsp3) is 0.538. The van der Waals surface area contributed by atoms with Gasteiger partial charge >= 0.3 is 0 Å². The lowest BCUT2D eigenvalue weighted by atomic mass is 9.91. The quantitative estimate of drug-likeness (QED) is 0.603. The zero-order valence-electron chi connectivity index (χ0n) is 8.88. The Morgan fingerprint density at radius 2 is 1.86 bits per heavy atom. The molecule has 0 aromatic heterocycles. The van der Waals surface area contributed by atoms with Crippen molar-refractivity contribution < 1.29 is 0 Å². The van der Waals surface area contributed by atoms with Gasteiger partial charge in [-0.05, 0) is 24.3 Å². The number of hydrogen-bond donors (Lipinski definition) is 0. The predicted octanol–water partition coefficient (Wildman–Crippen LogP) is 4.59. The van der Waals surface area contributed by atoms with Crippen LogP contribution in [-0.2, 0) is 0 Å². The van der Waals surface area contributed by atoms with Gasteiger partial charge in [0.1, 0.15) is 0 Å². The number of unbranched alkanes of at least 4 members (excludes halogenated alkanes) is 1. The van der Waals surface area contributed by atoms with Crippen LogP contribution in [0.25, 0.3) is 0 Å². The fourth-order valence-corrected chi connectivity index (χ4v) is 2.05. The molecule has 0 saturated heterocycles. The molecule has 78 valence electrons. The highest BCUT2D eigenvalue weighted by Crippen LogP contribution is 2.25. The molecule has 1 aromatic rings. The highest BCUT2D eigenvalue weighted by molar-refractivity contribution is 6.17. The largest absolute Gasteiger partial charge is 0.127 e. The van der Waals surface area contributed by atoms with Gasteiger partial charge in [0.25, 0.3) is 0 Å². The lowest BCUT2D eigenvalue weighted by Gasteiger charge is -2.15. The molecular formula is C13H19Cl. The predicted molar refractivity (Wildman–Crippen MR) is 64.0 cm³/mol. The number of benzene rings is 1. The van der Waals surface area contributed by atoms with Crippen molar-refractivity contribution >= 4 is 11.6 Å². The van der Waals surface area contributed by atoms with Gasteiger partial charge in [0, 0.05) is 5.88 Å². The van der Waals surface area contributed by atoms with Gasteiger partial charge in [0.15, 0.2) is 0 Å². The van der Waals surface area contributed by atoms with E-state index in [-0.39, 0.29) is 0 Å². The SMILES string of the molecule is CCCCC(CCCl)c1ccccc1. The standard InChI is InChI=1S/C13H19Cl/c1-2-3-7-13(10-11-14)12-8-5-4-6-9-12/h4-6,8-9,13H,2-3,7,10-11H2,1H3. The van der Waals surface area contributed by atoms with Crippen LogP contribution >= 0.6 is 11.6 Å². The molecule has 0 N–H and O–H groups in total. The van der Waals surface area contributed by atoms with Gasteiger partial charge in [-0.1, -0.05) is 50.1 Å². The van der Waals surface area contributed by atoms with Crippen LogP contribution in [0.15, 0.2) is 30.3 Å². The molecule has 1 aromatic carbocycles. The van der Waals surface area contributed by atoms with Crippen LogP contribution in [0.3, 0.4) is 0 Å². The molecule has 0 spiro atoms. The van der Waals surface area contributed by atoms with Crippen molar-refractivity contribution in [2.45, 2.75) is 38.5 Å². The molecule has 0 fully saturated rings. The summed E-state index contributed by atoms with van der Waals surface area (Å²) in [7, 11) is 0. The Morgan fingerprint density at radius 3 is 2.43 bits per heavy atom. The first-order chi connectivity index (χ1) is 6.88. The summed E-state index contributed by atoms with van der Waals surface area (Å²) in [5.41, 5.74) is 1.45. The Balaban J connectivity index is 2.58. The summed E-state index contributed by atoms with van der Waals surface area (Å²) in [6.07, 6.45) is 4.95. The van der Waals surface area contributed by atoms with E-state index in [0.29, 0.717) is 5.92 Å². The maximum Gasteiger partial charge on any atom is 0.0229 e. The van der Waals surface area contributed by atoms with Crippen molar-refractivity contribution in [1.82, 2.24) is 0 Å². The molecule has 1 unspecified atom stereocenters. The molecule has 14 heavy (non-hydrogen) atoms. The van der Waals surface area contributed by atoms with Crippen LogP contribution in [0.5, 0.6) is 0 Å². The molecular weight excluding hydrogens is 192 g/mol. The summed E-state index contributed by atoms with van der Waals surface area (Å²) < 4.78 is 0. The number of alkyl halides is 1. The number of halogens is 1. The second kappa shape index (κ2) is 6.89. The number of hydrogen-bond acceptors (Lipinski definition) is 0. The van der Waals surface area contributed by atoms with E-state index in [9.17, 15) is 0 Å². The first kappa shape index (κ1) is 11.6. The van der Waals surface area contributed by atoms with Crippen LogP contribution in [0.1, 0.15) is 44.1 Å². The zero-order valence-corrected chi connectivity index (χ0v) is 9.63. The van der Waals surface area contributed by atoms with Gasteiger partial charge < -0.3 is 0 Å². The average Bonchev–Trinajstić information content (AvgIpc) is 2.25. The molecule has 1 atom stereocenters. The minimum absolute atomic E-state index is 0.661. The molecule has 1 heteroatoms. The summed E-state index contributed by atoms with van der Waals surface area (Å²) in [5.74, 6) is 1.43. The van der Waals surface area contributed by atoms with Gasteiger partial charge in [0.05, 0.1) is 0 Å². The molecule has 0 aliphatic heterocycles. The third-order valence-corrected chi connectivity index (χ3v) is 2.85. The summed E-state index contributed by atoms with van der Waals surface area (Å²) in [4.78, 5) is 0. The van der Waals surface area contributed by atoms with E-state index in [1.54, 1.807) is 0 Å². The van der Waals surface area contributed by atoms with Gasteiger partial charge in [-0.3, -0.25) is 0 Å². The van der Waals surface area contributed by atoms with Gasteiger partial charge in [-0.25, -0.2) is 0 Å². The van der Waals surface area contributed by atoms with E-state index in [1.807, 2.05) is 0 Å². The molecule has 0 radical (unpaired) electrons. The van der Waals surface area contributed by atoms with E-state index < -0.39 is 0 Å². The van der Waals surface area contributed by atoms with Crippen molar-refractivity contribution in [3.63, 3.8) is 0 Å². The van der Waals surface area contributed by atoms with Crippen molar-refractivity contribution in [2.24, 2.45) is 0 Å². The molecule has 0 aliphatic rings. The Hall–Kier alpha value is -0.490. The van der Waals surface area contributed by atoms with Crippen molar-refractivity contribution in [1.29, 1.82) is 0 Å². The van der Waals surface area contributed by atoms with Gasteiger partial charge in [-0.15, -0.1) is 11.6 Å². The van der Waals surface area contributed by atoms with E-state index >= 15 is 0 Å². The smallest absolute Gasteiger partial charge is 0.0229 e. The zero-order chi connectivity index (χ0) is 10.2. The molecule has 1 rings (SSSR count). The second-order valence-electron chi connectivity index (χ2n) is 3.73. The summed E-state index contributed by atoms with van der Waals surface area (Å²) >= 11 is 5.83. The minimum atomic E-state index is 0.661. The Kier molecular flexibility index (Phi) is 5.70. The van der Waals surface area contributed by atoms with E-state index in [0.717, 1.165) is 12.3 Å². The molecule has 0 saturated carbocycles. The van der Waals surface area contributed by atoms with Crippen molar-refractivity contribution in [2.75, 3.05) is 5.88 Å². The molecule has 0 amide bonds.